The van der Waals surface area contributed by atoms with Crippen molar-refractivity contribution in [2.24, 2.45) is 0 Å². The number of anilines is 1. The summed E-state index contributed by atoms with van der Waals surface area (Å²) in [5.41, 5.74) is 2.36. The summed E-state index contributed by atoms with van der Waals surface area (Å²) in [7, 11) is 0. The van der Waals surface area contributed by atoms with Gasteiger partial charge < -0.3 is 10.1 Å². The number of aryl methyl sites for hydroxylation is 1. The molecule has 3 rings (SSSR count). The lowest BCUT2D eigenvalue weighted by molar-refractivity contribution is -0.119. The molecule has 0 aliphatic heterocycles. The van der Waals surface area contributed by atoms with Gasteiger partial charge in [-0.2, -0.15) is 13.9 Å². The molecule has 0 aliphatic carbocycles. The van der Waals surface area contributed by atoms with Gasteiger partial charge in [-0.05, 0) is 38.1 Å². The molecule has 0 saturated carbocycles. The number of carbonyl (C=O) groups is 2. The lowest BCUT2D eigenvalue weighted by Crippen LogP contribution is -2.21. The summed E-state index contributed by atoms with van der Waals surface area (Å²) in [6.45, 7) is 2.87. The van der Waals surface area contributed by atoms with Crippen LogP contribution in [0.25, 0.3) is 5.69 Å². The van der Waals surface area contributed by atoms with Crippen LogP contribution in [-0.2, 0) is 9.53 Å². The summed E-state index contributed by atoms with van der Waals surface area (Å²) in [5.74, 6) is -3.93. The predicted octanol–water partition coefficient (Wildman–Crippen LogP) is 4.60. The minimum absolute atomic E-state index is 0.225. The predicted molar refractivity (Wildman–Crippen MR) is 110 cm³/mol. The van der Waals surface area contributed by atoms with Crippen LogP contribution in [0.5, 0.6) is 0 Å². The number of carbonyl (C=O) groups excluding carboxylic acids is 2. The number of para-hydroxylation sites is 2. The molecule has 0 saturated heterocycles. The van der Waals surface area contributed by atoms with Crippen LogP contribution in [-0.4, -0.2) is 34.0 Å². The highest BCUT2D eigenvalue weighted by Crippen LogP contribution is 2.31. The number of nitrogens with zero attached hydrogens (tertiary/aromatic N) is 2. The average molecular weight is 431 g/mol. The second-order valence-corrected chi connectivity index (χ2v) is 7.32. The molecule has 0 spiro atoms. The van der Waals surface area contributed by atoms with E-state index in [4.69, 9.17) is 4.74 Å². The minimum atomic E-state index is -2.62. The second-order valence-electron chi connectivity index (χ2n) is 6.29. The van der Waals surface area contributed by atoms with E-state index in [-0.39, 0.29) is 16.1 Å². The first-order chi connectivity index (χ1) is 14.4. The normalized spacial score (nSPS) is 10.8. The average Bonchev–Trinajstić information content (AvgIpc) is 3.02. The van der Waals surface area contributed by atoms with E-state index < -0.39 is 24.2 Å². The van der Waals surface area contributed by atoms with Gasteiger partial charge in [0.25, 0.3) is 11.7 Å². The van der Waals surface area contributed by atoms with Gasteiger partial charge in [0.05, 0.1) is 22.8 Å². The Labute approximate surface area is 176 Å². The Bertz CT molecular complexity index is 1050. The molecule has 9 heteroatoms. The molecule has 1 amide bonds. The Hall–Kier alpha value is -3.20. The van der Waals surface area contributed by atoms with E-state index in [0.29, 0.717) is 23.1 Å². The number of thioether (sulfide) groups is 1. The van der Waals surface area contributed by atoms with Gasteiger partial charge in [0.1, 0.15) is 5.56 Å². The minimum Gasteiger partial charge on any atom is -0.452 e. The van der Waals surface area contributed by atoms with Gasteiger partial charge in [-0.1, -0.05) is 42.1 Å². The molecule has 2 aromatic carbocycles. The summed E-state index contributed by atoms with van der Waals surface area (Å²) in [4.78, 5) is 24.9. The van der Waals surface area contributed by atoms with Crippen LogP contribution in [0.1, 0.15) is 21.7 Å². The maximum atomic E-state index is 12.7. The van der Waals surface area contributed by atoms with Gasteiger partial charge in [-0.3, -0.25) is 4.79 Å². The van der Waals surface area contributed by atoms with Gasteiger partial charge in [0.15, 0.2) is 6.61 Å². The molecule has 1 N–H and O–H groups in total. The van der Waals surface area contributed by atoms with Crippen molar-refractivity contribution in [1.29, 1.82) is 0 Å². The van der Waals surface area contributed by atoms with Crippen LogP contribution in [0.4, 0.5) is 14.5 Å². The molecule has 0 radical (unpaired) electrons. The van der Waals surface area contributed by atoms with Crippen molar-refractivity contribution in [2.75, 3.05) is 11.9 Å². The molecule has 0 fully saturated rings. The highest BCUT2D eigenvalue weighted by Gasteiger charge is 2.22. The Balaban J connectivity index is 1.67. The number of halogens is 2. The van der Waals surface area contributed by atoms with Crippen LogP contribution in [0, 0.1) is 13.8 Å². The fraction of sp³-hybridized carbons (Fsp3) is 0.190. The molecular formula is C21H19F2N3O3S. The van der Waals surface area contributed by atoms with E-state index in [1.807, 2.05) is 30.3 Å². The number of hydrogen-bond donors (Lipinski definition) is 1. The van der Waals surface area contributed by atoms with Gasteiger partial charge >= 0.3 is 5.97 Å². The zero-order valence-electron chi connectivity index (χ0n) is 16.3. The number of alkyl halides is 2. The van der Waals surface area contributed by atoms with Gasteiger partial charge in [0.2, 0.25) is 0 Å². The van der Waals surface area contributed by atoms with Crippen molar-refractivity contribution in [3.8, 4) is 5.69 Å². The third kappa shape index (κ3) is 5.04. The number of benzene rings is 2. The molecule has 30 heavy (non-hydrogen) atoms. The van der Waals surface area contributed by atoms with Crippen molar-refractivity contribution in [1.82, 2.24) is 9.78 Å². The van der Waals surface area contributed by atoms with E-state index in [0.717, 1.165) is 5.69 Å². The third-order valence-corrected chi connectivity index (χ3v) is 5.00. The van der Waals surface area contributed by atoms with Crippen molar-refractivity contribution >= 4 is 29.3 Å². The Morgan fingerprint density at radius 2 is 1.77 bits per heavy atom. The van der Waals surface area contributed by atoms with E-state index in [1.165, 1.54) is 12.1 Å². The topological polar surface area (TPSA) is 73.2 Å². The first kappa shape index (κ1) is 21.5. The van der Waals surface area contributed by atoms with Crippen molar-refractivity contribution in [3.05, 3.63) is 71.5 Å². The van der Waals surface area contributed by atoms with E-state index in [2.05, 4.69) is 10.4 Å². The van der Waals surface area contributed by atoms with Gasteiger partial charge in [0, 0.05) is 4.90 Å². The maximum Gasteiger partial charge on any atom is 0.342 e. The SMILES string of the molecule is Cc1nn(-c2ccccc2)c(C)c1C(=O)OCC(=O)Nc1ccccc1SC(F)F. The van der Waals surface area contributed by atoms with E-state index in [1.54, 1.807) is 30.7 Å². The van der Waals surface area contributed by atoms with Crippen LogP contribution >= 0.6 is 11.8 Å². The molecule has 6 nitrogen and oxygen atoms in total. The molecule has 0 aliphatic rings. The maximum absolute atomic E-state index is 12.7. The quantitative estimate of drug-likeness (QED) is 0.437. The summed E-state index contributed by atoms with van der Waals surface area (Å²) in [5, 5.41) is 6.87. The van der Waals surface area contributed by atoms with Crippen LogP contribution < -0.4 is 5.32 Å². The number of rotatable bonds is 7. The molecule has 1 aromatic heterocycles. The monoisotopic (exact) mass is 431 g/mol. The Kier molecular flexibility index (Phi) is 6.83. The summed E-state index contributed by atoms with van der Waals surface area (Å²) < 4.78 is 32.1. The number of aromatic nitrogens is 2. The smallest absolute Gasteiger partial charge is 0.342 e. The zero-order valence-corrected chi connectivity index (χ0v) is 17.1. The van der Waals surface area contributed by atoms with Gasteiger partial charge in [-0.15, -0.1) is 0 Å². The van der Waals surface area contributed by atoms with Crippen molar-refractivity contribution in [2.45, 2.75) is 24.5 Å². The van der Waals surface area contributed by atoms with E-state index >= 15 is 0 Å². The molecule has 0 unspecified atom stereocenters. The number of nitrogens with one attached hydrogen (secondary N) is 1. The molecule has 0 atom stereocenters. The number of hydrogen-bond acceptors (Lipinski definition) is 5. The highest BCUT2D eigenvalue weighted by molar-refractivity contribution is 7.99. The second kappa shape index (κ2) is 9.53. The molecule has 156 valence electrons. The molecular weight excluding hydrogens is 412 g/mol. The fourth-order valence-electron chi connectivity index (χ4n) is 2.92. The van der Waals surface area contributed by atoms with Crippen LogP contribution in [0.2, 0.25) is 0 Å². The lowest BCUT2D eigenvalue weighted by Gasteiger charge is -2.11. The summed E-state index contributed by atoms with van der Waals surface area (Å²) >= 11 is 0.326. The van der Waals surface area contributed by atoms with Crippen molar-refractivity contribution < 1.29 is 23.1 Å². The first-order valence-electron chi connectivity index (χ1n) is 8.99. The van der Waals surface area contributed by atoms with Crippen LogP contribution in [0.15, 0.2) is 59.5 Å². The molecule has 3 aromatic rings. The largest absolute Gasteiger partial charge is 0.452 e. The zero-order chi connectivity index (χ0) is 21.7. The highest BCUT2D eigenvalue weighted by atomic mass is 32.2. The first-order valence-corrected chi connectivity index (χ1v) is 9.87. The Morgan fingerprint density at radius 3 is 2.47 bits per heavy atom. The summed E-state index contributed by atoms with van der Waals surface area (Å²) in [6, 6.07) is 15.5. The third-order valence-electron chi connectivity index (χ3n) is 4.21. The Morgan fingerprint density at radius 1 is 1.10 bits per heavy atom. The number of amides is 1. The molecule has 0 bridgehead atoms. The van der Waals surface area contributed by atoms with Crippen LogP contribution in [0.3, 0.4) is 0 Å². The number of ether oxygens (including phenoxy) is 1. The number of esters is 1. The van der Waals surface area contributed by atoms with Crippen molar-refractivity contribution in [3.63, 3.8) is 0 Å². The van der Waals surface area contributed by atoms with E-state index in [9.17, 15) is 18.4 Å². The fourth-order valence-corrected chi connectivity index (χ4v) is 3.51. The van der Waals surface area contributed by atoms with Gasteiger partial charge in [-0.25, -0.2) is 9.48 Å². The summed E-state index contributed by atoms with van der Waals surface area (Å²) in [6.07, 6.45) is 0. The lowest BCUT2D eigenvalue weighted by atomic mass is 10.2. The molecule has 1 heterocycles. The standard InChI is InChI=1S/C21H19F2N3O3S/c1-13-19(14(2)26(25-13)15-8-4-3-5-9-15)20(28)29-12-18(27)24-16-10-6-7-11-17(16)30-21(22)23/h3-11,21H,12H2,1-2H3,(H,24,27).